The highest BCUT2D eigenvalue weighted by Crippen LogP contribution is 2.16. The third kappa shape index (κ3) is 3.40. The molecule has 0 bridgehead atoms. The number of halogens is 1. The van der Waals surface area contributed by atoms with Gasteiger partial charge in [0.1, 0.15) is 6.61 Å². The van der Waals surface area contributed by atoms with E-state index in [1.165, 1.54) is 11.3 Å². The summed E-state index contributed by atoms with van der Waals surface area (Å²) in [5, 5.41) is 2.54. The van der Waals surface area contributed by atoms with Crippen LogP contribution in [-0.2, 0) is 11.3 Å². The van der Waals surface area contributed by atoms with Crippen molar-refractivity contribution in [2.24, 2.45) is 0 Å². The highest BCUT2D eigenvalue weighted by Gasteiger charge is 2.07. The van der Waals surface area contributed by atoms with Crippen molar-refractivity contribution < 1.29 is 9.53 Å². The summed E-state index contributed by atoms with van der Waals surface area (Å²) in [6.45, 7) is 0.447. The second-order valence-electron chi connectivity index (χ2n) is 3.48. The van der Waals surface area contributed by atoms with Crippen LogP contribution in [0.25, 0.3) is 0 Å². The number of thiophene rings is 1. The van der Waals surface area contributed by atoms with E-state index in [-0.39, 0.29) is 12.4 Å². The molecular formula is C13H11ClO2S. The number of ketones is 1. The van der Waals surface area contributed by atoms with E-state index < -0.39 is 0 Å². The Kier molecular flexibility index (Phi) is 4.31. The number of ether oxygens (including phenoxy) is 1. The first-order valence-corrected chi connectivity index (χ1v) is 6.41. The number of hydrogen-bond donors (Lipinski definition) is 0. The Hall–Kier alpha value is -1.16. The Bertz CT molecular complexity index is 494. The Morgan fingerprint density at radius 2 is 2.06 bits per heavy atom. The molecule has 0 radical (unpaired) electrons. The molecule has 2 nitrogen and oxygen atoms in total. The van der Waals surface area contributed by atoms with Gasteiger partial charge in [0.2, 0.25) is 0 Å². The van der Waals surface area contributed by atoms with Gasteiger partial charge in [-0.05, 0) is 23.1 Å². The average molecular weight is 267 g/mol. The second-order valence-corrected chi connectivity index (χ2v) is 4.84. The normalized spacial score (nSPS) is 10.4. The van der Waals surface area contributed by atoms with Crippen LogP contribution in [0.5, 0.6) is 0 Å². The molecule has 0 fully saturated rings. The molecule has 2 aromatic rings. The lowest BCUT2D eigenvalue weighted by Crippen LogP contribution is -2.07. The molecule has 0 atom stereocenters. The van der Waals surface area contributed by atoms with E-state index in [0.717, 1.165) is 10.4 Å². The molecule has 0 amide bonds. The molecule has 2 rings (SSSR count). The molecule has 4 heteroatoms. The molecule has 1 aromatic carbocycles. The van der Waals surface area contributed by atoms with E-state index in [0.29, 0.717) is 11.6 Å². The van der Waals surface area contributed by atoms with Crippen molar-refractivity contribution in [3.8, 4) is 0 Å². The quantitative estimate of drug-likeness (QED) is 0.770. The molecule has 0 N–H and O–H groups in total. The lowest BCUT2D eigenvalue weighted by atomic mass is 10.2. The first-order valence-electron chi connectivity index (χ1n) is 5.15. The highest BCUT2D eigenvalue weighted by atomic mass is 35.5. The lowest BCUT2D eigenvalue weighted by Gasteiger charge is -2.04. The van der Waals surface area contributed by atoms with Gasteiger partial charge in [-0.2, -0.15) is 0 Å². The van der Waals surface area contributed by atoms with E-state index in [9.17, 15) is 4.79 Å². The van der Waals surface area contributed by atoms with Crippen LogP contribution >= 0.6 is 22.9 Å². The van der Waals surface area contributed by atoms with Gasteiger partial charge in [0, 0.05) is 5.02 Å². The first-order chi connectivity index (χ1) is 8.27. The Labute approximate surface area is 109 Å². The number of carbonyl (C=O) groups excluding carboxylic acids is 1. The molecule has 17 heavy (non-hydrogen) atoms. The van der Waals surface area contributed by atoms with Gasteiger partial charge in [-0.15, -0.1) is 11.3 Å². The fourth-order valence-corrected chi connectivity index (χ4v) is 2.22. The summed E-state index contributed by atoms with van der Waals surface area (Å²) in [6, 6.07) is 11.1. The van der Waals surface area contributed by atoms with Crippen LogP contribution in [-0.4, -0.2) is 12.4 Å². The lowest BCUT2D eigenvalue weighted by molar-refractivity contribution is 0.0730. The zero-order valence-corrected chi connectivity index (χ0v) is 10.6. The molecular weight excluding hydrogens is 256 g/mol. The minimum atomic E-state index is 0.00653. The van der Waals surface area contributed by atoms with Crippen molar-refractivity contribution in [2.45, 2.75) is 6.61 Å². The van der Waals surface area contributed by atoms with E-state index in [1.807, 2.05) is 29.6 Å². The maximum absolute atomic E-state index is 11.6. The fourth-order valence-electron chi connectivity index (χ4n) is 1.38. The molecule has 0 saturated carbocycles. The Morgan fingerprint density at radius 3 is 2.76 bits per heavy atom. The van der Waals surface area contributed by atoms with Crippen molar-refractivity contribution in [1.82, 2.24) is 0 Å². The summed E-state index contributed by atoms with van der Waals surface area (Å²) < 4.78 is 5.36. The van der Waals surface area contributed by atoms with Crippen LogP contribution in [0.2, 0.25) is 5.02 Å². The van der Waals surface area contributed by atoms with Crippen LogP contribution in [0.4, 0.5) is 0 Å². The number of hydrogen-bond acceptors (Lipinski definition) is 3. The monoisotopic (exact) mass is 266 g/mol. The van der Waals surface area contributed by atoms with Crippen molar-refractivity contribution in [3.63, 3.8) is 0 Å². The average Bonchev–Trinajstić information content (AvgIpc) is 2.85. The summed E-state index contributed by atoms with van der Waals surface area (Å²) in [6.07, 6.45) is 0. The van der Waals surface area contributed by atoms with Crippen LogP contribution in [0, 0.1) is 0 Å². The molecule has 0 aliphatic carbocycles. The molecule has 0 aliphatic rings. The van der Waals surface area contributed by atoms with Crippen LogP contribution in [0.15, 0.2) is 41.8 Å². The van der Waals surface area contributed by atoms with Crippen molar-refractivity contribution in [2.75, 3.05) is 6.61 Å². The van der Waals surface area contributed by atoms with Gasteiger partial charge in [-0.1, -0.05) is 35.9 Å². The van der Waals surface area contributed by atoms with E-state index in [1.54, 1.807) is 12.1 Å². The molecule has 0 saturated heterocycles. The van der Waals surface area contributed by atoms with Crippen LogP contribution in [0.1, 0.15) is 15.2 Å². The fraction of sp³-hybridized carbons (Fsp3) is 0.154. The highest BCUT2D eigenvalue weighted by molar-refractivity contribution is 7.12. The molecule has 0 spiro atoms. The van der Waals surface area contributed by atoms with Gasteiger partial charge in [0.05, 0.1) is 11.5 Å². The summed E-state index contributed by atoms with van der Waals surface area (Å²) >= 11 is 7.40. The zero-order chi connectivity index (χ0) is 12.1. The smallest absolute Gasteiger partial charge is 0.198 e. The van der Waals surface area contributed by atoms with Gasteiger partial charge >= 0.3 is 0 Å². The third-order valence-corrected chi connectivity index (χ3v) is 3.52. The molecule has 0 unspecified atom stereocenters. The van der Waals surface area contributed by atoms with E-state index >= 15 is 0 Å². The summed E-state index contributed by atoms with van der Waals surface area (Å²) in [5.74, 6) is 0.00653. The predicted octanol–water partition coefficient (Wildman–Crippen LogP) is 3.80. The summed E-state index contributed by atoms with van der Waals surface area (Å²) in [7, 11) is 0. The minimum Gasteiger partial charge on any atom is -0.369 e. The summed E-state index contributed by atoms with van der Waals surface area (Å²) in [5.41, 5.74) is 0.896. The first kappa shape index (κ1) is 12.3. The summed E-state index contributed by atoms with van der Waals surface area (Å²) in [4.78, 5) is 12.4. The molecule has 1 aromatic heterocycles. The second kappa shape index (κ2) is 5.96. The van der Waals surface area contributed by atoms with Crippen molar-refractivity contribution in [3.05, 3.63) is 57.2 Å². The molecule has 88 valence electrons. The van der Waals surface area contributed by atoms with Gasteiger partial charge in [-0.25, -0.2) is 0 Å². The zero-order valence-electron chi connectivity index (χ0n) is 9.06. The minimum absolute atomic E-state index is 0.00653. The number of rotatable bonds is 5. The standard InChI is InChI=1S/C13H11ClO2S/c14-11-5-2-1-4-10(11)8-16-9-12(15)13-6-3-7-17-13/h1-7H,8-9H2. The maximum Gasteiger partial charge on any atom is 0.198 e. The van der Waals surface area contributed by atoms with E-state index in [4.69, 9.17) is 16.3 Å². The molecule has 1 heterocycles. The Balaban J connectivity index is 1.84. The largest absolute Gasteiger partial charge is 0.369 e. The van der Waals surface area contributed by atoms with Gasteiger partial charge in [0.25, 0.3) is 0 Å². The molecule has 0 aliphatic heterocycles. The number of Topliss-reactive ketones (excluding diaryl/α,β-unsaturated/α-hetero) is 1. The third-order valence-electron chi connectivity index (χ3n) is 2.24. The van der Waals surface area contributed by atoms with Gasteiger partial charge in [0.15, 0.2) is 5.78 Å². The van der Waals surface area contributed by atoms with E-state index in [2.05, 4.69) is 0 Å². The number of benzene rings is 1. The van der Waals surface area contributed by atoms with Gasteiger partial charge < -0.3 is 4.74 Å². The van der Waals surface area contributed by atoms with Gasteiger partial charge in [-0.3, -0.25) is 4.79 Å². The SMILES string of the molecule is O=C(COCc1ccccc1Cl)c1cccs1. The van der Waals surface area contributed by atoms with Crippen molar-refractivity contribution in [1.29, 1.82) is 0 Å². The van der Waals surface area contributed by atoms with Crippen LogP contribution < -0.4 is 0 Å². The predicted molar refractivity (Wildman–Crippen MR) is 69.8 cm³/mol. The topological polar surface area (TPSA) is 26.3 Å². The maximum atomic E-state index is 11.6. The van der Waals surface area contributed by atoms with Crippen LogP contribution in [0.3, 0.4) is 0 Å². The van der Waals surface area contributed by atoms with Crippen molar-refractivity contribution >= 4 is 28.7 Å². The number of carbonyl (C=O) groups is 1. The Morgan fingerprint density at radius 1 is 1.24 bits per heavy atom.